The first kappa shape index (κ1) is 20.7. The number of rotatable bonds is 5. The van der Waals surface area contributed by atoms with Gasteiger partial charge in [-0.05, 0) is 56.2 Å². The molecular formula is C22H25N3O3S. The normalized spacial score (nSPS) is 16.0. The Balaban J connectivity index is 2.05. The van der Waals surface area contributed by atoms with Gasteiger partial charge in [-0.15, -0.1) is 0 Å². The molecule has 0 aromatic heterocycles. The highest BCUT2D eigenvalue weighted by molar-refractivity contribution is 7.80. The number of hydrogen-bond donors (Lipinski definition) is 3. The summed E-state index contributed by atoms with van der Waals surface area (Å²) in [5, 5.41) is 9.74. The molecule has 0 saturated carbocycles. The molecule has 1 amide bonds. The molecule has 1 heterocycles. The van der Waals surface area contributed by atoms with Gasteiger partial charge in [0, 0.05) is 16.9 Å². The van der Waals surface area contributed by atoms with Crippen LogP contribution in [0.25, 0.3) is 0 Å². The summed E-state index contributed by atoms with van der Waals surface area (Å²) in [7, 11) is 3.16. The van der Waals surface area contributed by atoms with E-state index in [1.54, 1.807) is 14.2 Å². The van der Waals surface area contributed by atoms with Crippen molar-refractivity contribution < 1.29 is 14.3 Å². The van der Waals surface area contributed by atoms with Crippen molar-refractivity contribution in [1.82, 2.24) is 10.6 Å². The number of para-hydroxylation sites is 1. The summed E-state index contributed by atoms with van der Waals surface area (Å²) in [6.07, 6.45) is 0. The van der Waals surface area contributed by atoms with Crippen molar-refractivity contribution in [3.63, 3.8) is 0 Å². The van der Waals surface area contributed by atoms with Gasteiger partial charge in [0.25, 0.3) is 5.91 Å². The molecule has 29 heavy (non-hydrogen) atoms. The predicted octanol–water partition coefficient (Wildman–Crippen LogP) is 3.75. The fourth-order valence-electron chi connectivity index (χ4n) is 3.43. The van der Waals surface area contributed by atoms with Crippen LogP contribution in [0.4, 0.5) is 5.69 Å². The van der Waals surface area contributed by atoms with E-state index in [2.05, 4.69) is 16.0 Å². The lowest BCUT2D eigenvalue weighted by atomic mass is 9.93. The zero-order chi connectivity index (χ0) is 21.1. The number of aryl methyl sites for hydroxylation is 2. The fraction of sp³-hybridized carbons (Fsp3) is 0.273. The van der Waals surface area contributed by atoms with E-state index in [9.17, 15) is 4.79 Å². The van der Waals surface area contributed by atoms with Crippen molar-refractivity contribution in [2.75, 3.05) is 19.5 Å². The topological polar surface area (TPSA) is 71.6 Å². The second kappa shape index (κ2) is 8.53. The van der Waals surface area contributed by atoms with E-state index in [0.717, 1.165) is 22.4 Å². The number of thiocarbonyl (C=S) groups is 1. The zero-order valence-electron chi connectivity index (χ0n) is 17.2. The van der Waals surface area contributed by atoms with Crippen molar-refractivity contribution >= 4 is 28.9 Å². The number of allylic oxidation sites excluding steroid dienone is 1. The predicted molar refractivity (Wildman–Crippen MR) is 118 cm³/mol. The second-order valence-corrected chi connectivity index (χ2v) is 7.33. The number of hydrogen-bond acceptors (Lipinski definition) is 4. The van der Waals surface area contributed by atoms with Gasteiger partial charge in [-0.2, -0.15) is 0 Å². The Kier molecular flexibility index (Phi) is 6.08. The third kappa shape index (κ3) is 4.19. The van der Waals surface area contributed by atoms with Gasteiger partial charge in [-0.1, -0.05) is 24.3 Å². The molecule has 0 radical (unpaired) electrons. The molecule has 1 atom stereocenters. The highest BCUT2D eigenvalue weighted by Crippen LogP contribution is 2.39. The van der Waals surface area contributed by atoms with E-state index in [0.29, 0.717) is 27.9 Å². The third-order valence-corrected chi connectivity index (χ3v) is 5.12. The van der Waals surface area contributed by atoms with Gasteiger partial charge >= 0.3 is 0 Å². The molecule has 2 aromatic carbocycles. The first-order valence-corrected chi connectivity index (χ1v) is 9.64. The van der Waals surface area contributed by atoms with Gasteiger partial charge in [0.2, 0.25) is 0 Å². The molecule has 0 saturated heterocycles. The van der Waals surface area contributed by atoms with Gasteiger partial charge in [-0.25, -0.2) is 0 Å². The number of benzene rings is 2. The first-order chi connectivity index (χ1) is 13.8. The molecule has 2 aromatic rings. The molecule has 3 rings (SSSR count). The Hall–Kier alpha value is -3.06. The van der Waals surface area contributed by atoms with Gasteiger partial charge in [0.1, 0.15) is 0 Å². The molecule has 0 aliphatic carbocycles. The Bertz CT molecular complexity index is 1000. The minimum Gasteiger partial charge on any atom is -0.493 e. The molecule has 0 spiro atoms. The maximum Gasteiger partial charge on any atom is 0.255 e. The van der Waals surface area contributed by atoms with E-state index < -0.39 is 6.04 Å². The smallest absolute Gasteiger partial charge is 0.255 e. The van der Waals surface area contributed by atoms with Crippen LogP contribution in [0.3, 0.4) is 0 Å². The second-order valence-electron chi connectivity index (χ2n) is 6.93. The first-order valence-electron chi connectivity index (χ1n) is 9.23. The summed E-state index contributed by atoms with van der Waals surface area (Å²) in [6.45, 7) is 5.79. The molecule has 6 nitrogen and oxygen atoms in total. The van der Waals surface area contributed by atoms with Gasteiger partial charge in [-0.3, -0.25) is 4.79 Å². The van der Waals surface area contributed by atoms with E-state index in [4.69, 9.17) is 21.7 Å². The van der Waals surface area contributed by atoms with Gasteiger partial charge in [0.05, 0.1) is 25.8 Å². The van der Waals surface area contributed by atoms with Crippen LogP contribution in [0.2, 0.25) is 0 Å². The van der Waals surface area contributed by atoms with Crippen molar-refractivity contribution in [1.29, 1.82) is 0 Å². The van der Waals surface area contributed by atoms with Crippen LogP contribution in [0, 0.1) is 13.8 Å². The van der Waals surface area contributed by atoms with Crippen LogP contribution in [-0.2, 0) is 4.79 Å². The SMILES string of the molecule is COc1cccc([C@@H]2NC(=S)NC(C)=C2C(=O)Nc2cc(C)ccc2C)c1OC. The molecular weight excluding hydrogens is 386 g/mol. The van der Waals surface area contributed by atoms with Crippen molar-refractivity contribution in [2.24, 2.45) is 0 Å². The number of methoxy groups -OCH3 is 2. The van der Waals surface area contributed by atoms with Gasteiger partial charge < -0.3 is 25.4 Å². The average Bonchev–Trinajstić information content (AvgIpc) is 2.69. The summed E-state index contributed by atoms with van der Waals surface area (Å²) in [5.41, 5.74) is 4.83. The summed E-state index contributed by atoms with van der Waals surface area (Å²) in [4.78, 5) is 13.3. The highest BCUT2D eigenvalue weighted by Gasteiger charge is 2.32. The molecule has 0 fully saturated rings. The number of amides is 1. The Morgan fingerprint density at radius 3 is 2.55 bits per heavy atom. The fourth-order valence-corrected chi connectivity index (χ4v) is 3.70. The van der Waals surface area contributed by atoms with Crippen molar-refractivity contribution in [3.8, 4) is 11.5 Å². The van der Waals surface area contributed by atoms with Crippen LogP contribution in [0.5, 0.6) is 11.5 Å². The molecule has 0 unspecified atom stereocenters. The third-order valence-electron chi connectivity index (χ3n) is 4.90. The lowest BCUT2D eigenvalue weighted by Crippen LogP contribution is -2.45. The van der Waals surface area contributed by atoms with Crippen LogP contribution in [0.15, 0.2) is 47.7 Å². The average molecular weight is 412 g/mol. The van der Waals surface area contributed by atoms with E-state index in [1.807, 2.05) is 57.2 Å². The van der Waals surface area contributed by atoms with Crippen LogP contribution in [0.1, 0.15) is 29.7 Å². The molecule has 1 aliphatic rings. The lowest BCUT2D eigenvalue weighted by molar-refractivity contribution is -0.113. The maximum absolute atomic E-state index is 13.3. The van der Waals surface area contributed by atoms with Crippen LogP contribution >= 0.6 is 12.2 Å². The Labute approximate surface area is 176 Å². The molecule has 3 N–H and O–H groups in total. The molecule has 7 heteroatoms. The summed E-state index contributed by atoms with van der Waals surface area (Å²) >= 11 is 5.35. The van der Waals surface area contributed by atoms with Crippen LogP contribution in [-0.4, -0.2) is 25.2 Å². The quantitative estimate of drug-likeness (QED) is 0.651. The Morgan fingerprint density at radius 2 is 1.86 bits per heavy atom. The minimum atomic E-state index is -0.487. The highest BCUT2D eigenvalue weighted by atomic mass is 32.1. The molecule has 1 aliphatic heterocycles. The van der Waals surface area contributed by atoms with E-state index >= 15 is 0 Å². The minimum absolute atomic E-state index is 0.214. The summed E-state index contributed by atoms with van der Waals surface area (Å²) in [5.74, 6) is 0.929. The lowest BCUT2D eigenvalue weighted by Gasteiger charge is -2.31. The van der Waals surface area contributed by atoms with Gasteiger partial charge in [0.15, 0.2) is 16.6 Å². The van der Waals surface area contributed by atoms with Crippen LogP contribution < -0.4 is 25.4 Å². The largest absolute Gasteiger partial charge is 0.493 e. The monoisotopic (exact) mass is 411 g/mol. The van der Waals surface area contributed by atoms with E-state index in [1.165, 1.54) is 0 Å². The van der Waals surface area contributed by atoms with Crippen molar-refractivity contribution in [3.05, 3.63) is 64.4 Å². The number of carbonyl (C=O) groups is 1. The van der Waals surface area contributed by atoms with E-state index in [-0.39, 0.29) is 5.91 Å². The number of carbonyl (C=O) groups excluding carboxylic acids is 1. The number of nitrogens with one attached hydrogen (secondary N) is 3. The Morgan fingerprint density at radius 1 is 1.10 bits per heavy atom. The zero-order valence-corrected chi connectivity index (χ0v) is 18.0. The number of anilines is 1. The number of ether oxygens (including phenoxy) is 2. The molecule has 152 valence electrons. The summed E-state index contributed by atoms with van der Waals surface area (Å²) < 4.78 is 11.0. The standard InChI is InChI=1S/C22H25N3O3S/c1-12-9-10-13(2)16(11-12)24-21(26)18-14(3)23-22(29)25-19(18)15-7-6-8-17(27-4)20(15)28-5/h6-11,19H,1-5H3,(H,24,26)(H2,23,25,29)/t19-/m0/s1. The summed E-state index contributed by atoms with van der Waals surface area (Å²) in [6, 6.07) is 11.0. The van der Waals surface area contributed by atoms with Crippen molar-refractivity contribution in [2.45, 2.75) is 26.8 Å². The molecule has 0 bridgehead atoms. The maximum atomic E-state index is 13.3.